The fourth-order valence-electron chi connectivity index (χ4n) is 6.58. The molecule has 2 aromatic rings. The topological polar surface area (TPSA) is 60.9 Å². The zero-order valence-electron chi connectivity index (χ0n) is 25.8. The van der Waals surface area contributed by atoms with Crippen LogP contribution >= 0.6 is 0 Å². The second kappa shape index (κ2) is 13.4. The molecular formula is C33H39F6N3O3. The second-order valence-electron chi connectivity index (χ2n) is 12.5. The van der Waals surface area contributed by atoms with Crippen LogP contribution in [0.4, 0.5) is 26.3 Å². The molecule has 0 unspecified atom stereocenters. The minimum atomic E-state index is -4.99. The molecule has 2 aliphatic heterocycles. The minimum absolute atomic E-state index is 0.0329. The minimum Gasteiger partial charge on any atom is -0.343 e. The Bertz CT molecular complexity index is 1370. The maximum atomic E-state index is 13.9. The molecule has 2 saturated heterocycles. The van der Waals surface area contributed by atoms with Crippen LogP contribution in [-0.2, 0) is 33.3 Å². The van der Waals surface area contributed by atoms with Gasteiger partial charge in [-0.15, -0.1) is 0 Å². The average Bonchev–Trinajstić information content (AvgIpc) is 2.99. The highest BCUT2D eigenvalue weighted by Crippen LogP contribution is 2.40. The summed E-state index contributed by atoms with van der Waals surface area (Å²) in [6, 6.07) is 8.98. The molecule has 0 aromatic heterocycles. The van der Waals surface area contributed by atoms with Gasteiger partial charge >= 0.3 is 12.4 Å². The Kier molecular flexibility index (Phi) is 10.2. The molecule has 3 amide bonds. The van der Waals surface area contributed by atoms with E-state index < -0.39 is 47.8 Å². The number of rotatable bonds is 6. The molecule has 2 heterocycles. The van der Waals surface area contributed by atoms with Crippen LogP contribution in [-0.4, -0.2) is 65.6 Å². The predicted octanol–water partition coefficient (Wildman–Crippen LogP) is 6.70. The summed E-state index contributed by atoms with van der Waals surface area (Å²) >= 11 is 0. The van der Waals surface area contributed by atoms with Crippen molar-refractivity contribution in [3.05, 3.63) is 70.3 Å². The normalized spacial score (nSPS) is 20.0. The molecule has 4 rings (SSSR count). The van der Waals surface area contributed by atoms with Gasteiger partial charge in [0.25, 0.3) is 0 Å². The second-order valence-corrected chi connectivity index (χ2v) is 12.5. The molecule has 0 saturated carbocycles. The Morgan fingerprint density at radius 2 is 1.42 bits per heavy atom. The number of hydrogen-bond donors (Lipinski definition) is 0. The molecule has 12 heteroatoms. The Morgan fingerprint density at radius 1 is 0.867 bits per heavy atom. The monoisotopic (exact) mass is 639 g/mol. The van der Waals surface area contributed by atoms with Crippen molar-refractivity contribution < 1.29 is 40.7 Å². The SMILES string of the molecule is CC(=O)N1CCC(C(=O)N2CC[C@H](C(=O)N(C)Cc3cc(C(F)(F)F)cc(C(F)(F)F)c3)[C@@H](c3ccccc3C(C)C)C2)CC1. The van der Waals surface area contributed by atoms with E-state index in [1.807, 2.05) is 38.1 Å². The molecule has 6 nitrogen and oxygen atoms in total. The van der Waals surface area contributed by atoms with E-state index in [0.29, 0.717) is 38.1 Å². The molecule has 2 aliphatic rings. The molecule has 2 atom stereocenters. The lowest BCUT2D eigenvalue weighted by Gasteiger charge is -2.42. The summed E-state index contributed by atoms with van der Waals surface area (Å²) in [6.45, 7) is 6.62. The summed E-state index contributed by atoms with van der Waals surface area (Å²) in [5.74, 6) is -1.70. The Balaban J connectivity index is 1.60. The van der Waals surface area contributed by atoms with Crippen molar-refractivity contribution in [1.82, 2.24) is 14.7 Å². The van der Waals surface area contributed by atoms with Gasteiger partial charge in [-0.05, 0) is 60.1 Å². The summed E-state index contributed by atoms with van der Waals surface area (Å²) in [7, 11) is 1.38. The fourth-order valence-corrected chi connectivity index (χ4v) is 6.58. The van der Waals surface area contributed by atoms with Crippen LogP contribution < -0.4 is 0 Å². The van der Waals surface area contributed by atoms with Gasteiger partial charge in [0.15, 0.2) is 0 Å². The van der Waals surface area contributed by atoms with Gasteiger partial charge in [0.2, 0.25) is 17.7 Å². The zero-order valence-corrected chi connectivity index (χ0v) is 25.8. The van der Waals surface area contributed by atoms with Crippen molar-refractivity contribution in [1.29, 1.82) is 0 Å². The van der Waals surface area contributed by atoms with E-state index in [0.717, 1.165) is 11.1 Å². The average molecular weight is 640 g/mol. The lowest BCUT2D eigenvalue weighted by atomic mass is 9.76. The number of alkyl halides is 6. The number of piperidine rings is 2. The summed E-state index contributed by atoms with van der Waals surface area (Å²) in [5.41, 5.74) is -1.26. The van der Waals surface area contributed by atoms with Gasteiger partial charge in [-0.3, -0.25) is 14.4 Å². The van der Waals surface area contributed by atoms with Crippen LogP contribution in [0.3, 0.4) is 0 Å². The summed E-state index contributed by atoms with van der Waals surface area (Å²) in [5, 5.41) is 0. The highest BCUT2D eigenvalue weighted by Gasteiger charge is 2.41. The van der Waals surface area contributed by atoms with E-state index >= 15 is 0 Å². The molecule has 0 bridgehead atoms. The number of halogens is 6. The quantitative estimate of drug-likeness (QED) is 0.331. The molecule has 45 heavy (non-hydrogen) atoms. The van der Waals surface area contributed by atoms with Gasteiger partial charge in [0.05, 0.1) is 11.1 Å². The van der Waals surface area contributed by atoms with E-state index in [1.165, 1.54) is 18.9 Å². The number of benzene rings is 2. The Hall–Kier alpha value is -3.57. The Labute approximate surface area is 259 Å². The van der Waals surface area contributed by atoms with Gasteiger partial charge in [0, 0.05) is 64.4 Å². The molecule has 0 N–H and O–H groups in total. The molecule has 0 radical (unpaired) electrons. The van der Waals surface area contributed by atoms with Crippen molar-refractivity contribution in [2.24, 2.45) is 11.8 Å². The number of carbonyl (C=O) groups excluding carboxylic acids is 3. The fraction of sp³-hybridized carbons (Fsp3) is 0.545. The number of likely N-dealkylation sites (tertiary alicyclic amines) is 2. The van der Waals surface area contributed by atoms with Crippen molar-refractivity contribution in [2.75, 3.05) is 33.2 Å². The number of hydrogen-bond acceptors (Lipinski definition) is 3. The smallest absolute Gasteiger partial charge is 0.343 e. The first kappa shape index (κ1) is 34.3. The first-order valence-corrected chi connectivity index (χ1v) is 15.1. The third-order valence-electron chi connectivity index (χ3n) is 8.99. The third kappa shape index (κ3) is 7.99. The van der Waals surface area contributed by atoms with E-state index in [2.05, 4.69) is 0 Å². The molecule has 0 spiro atoms. The van der Waals surface area contributed by atoms with Crippen LogP contribution in [0.15, 0.2) is 42.5 Å². The first-order valence-electron chi connectivity index (χ1n) is 15.1. The van der Waals surface area contributed by atoms with Crippen molar-refractivity contribution >= 4 is 17.7 Å². The van der Waals surface area contributed by atoms with Crippen LogP contribution in [0.5, 0.6) is 0 Å². The summed E-state index contributed by atoms with van der Waals surface area (Å²) < 4.78 is 80.7. The van der Waals surface area contributed by atoms with Crippen LogP contribution in [0.25, 0.3) is 0 Å². The largest absolute Gasteiger partial charge is 0.416 e. The lowest BCUT2D eigenvalue weighted by Crippen LogP contribution is -2.50. The van der Waals surface area contributed by atoms with Gasteiger partial charge in [0.1, 0.15) is 0 Å². The number of amides is 3. The number of carbonyl (C=O) groups is 3. The van der Waals surface area contributed by atoms with Crippen LogP contribution in [0.1, 0.15) is 79.7 Å². The molecular weight excluding hydrogens is 600 g/mol. The molecule has 0 aliphatic carbocycles. The van der Waals surface area contributed by atoms with Crippen molar-refractivity contribution in [3.63, 3.8) is 0 Å². The van der Waals surface area contributed by atoms with Crippen LogP contribution in [0, 0.1) is 11.8 Å². The summed E-state index contributed by atoms with van der Waals surface area (Å²) in [6.07, 6.45) is -8.61. The first-order chi connectivity index (χ1) is 21.0. The van der Waals surface area contributed by atoms with E-state index in [9.17, 15) is 40.7 Å². The van der Waals surface area contributed by atoms with E-state index in [4.69, 9.17) is 0 Å². The standard InChI is InChI=1S/C33H39F6N3O3/c1-20(2)26-7-5-6-8-27(26)29-19-42(30(44)23-9-12-41(13-10-23)21(3)43)14-11-28(29)31(45)40(4)18-22-15-24(32(34,35)36)17-25(16-22)33(37,38)39/h5-8,15-17,20,23,28-29H,9-14,18-19H2,1-4H3/t28-,29+/m0/s1. The highest BCUT2D eigenvalue weighted by molar-refractivity contribution is 5.82. The van der Waals surface area contributed by atoms with Gasteiger partial charge in [-0.1, -0.05) is 38.1 Å². The van der Waals surface area contributed by atoms with Crippen molar-refractivity contribution in [3.8, 4) is 0 Å². The maximum absolute atomic E-state index is 13.9. The molecule has 2 aromatic carbocycles. The zero-order chi connectivity index (χ0) is 33.3. The predicted molar refractivity (Wildman–Crippen MR) is 156 cm³/mol. The van der Waals surface area contributed by atoms with Crippen LogP contribution in [0.2, 0.25) is 0 Å². The van der Waals surface area contributed by atoms with Gasteiger partial charge in [-0.25, -0.2) is 0 Å². The third-order valence-corrected chi connectivity index (χ3v) is 8.99. The Morgan fingerprint density at radius 3 is 1.96 bits per heavy atom. The van der Waals surface area contributed by atoms with E-state index in [-0.39, 0.29) is 54.8 Å². The molecule has 2 fully saturated rings. The maximum Gasteiger partial charge on any atom is 0.416 e. The highest BCUT2D eigenvalue weighted by atomic mass is 19.4. The van der Waals surface area contributed by atoms with Gasteiger partial charge < -0.3 is 14.7 Å². The lowest BCUT2D eigenvalue weighted by molar-refractivity contribution is -0.145. The number of nitrogens with zero attached hydrogens (tertiary/aromatic N) is 3. The summed E-state index contributed by atoms with van der Waals surface area (Å²) in [4.78, 5) is 44.0. The molecule has 246 valence electrons. The van der Waals surface area contributed by atoms with Gasteiger partial charge in [-0.2, -0.15) is 26.3 Å². The van der Waals surface area contributed by atoms with E-state index in [1.54, 1.807) is 9.80 Å². The van der Waals surface area contributed by atoms with Crippen molar-refractivity contribution in [2.45, 2.75) is 70.8 Å².